The van der Waals surface area contributed by atoms with Gasteiger partial charge in [0.25, 0.3) is 5.91 Å². The summed E-state index contributed by atoms with van der Waals surface area (Å²) in [4.78, 5) is 26.1. The molecule has 2 aromatic heterocycles. The number of carbonyl (C=O) groups is 1. The molecule has 0 saturated heterocycles. The van der Waals surface area contributed by atoms with Gasteiger partial charge < -0.3 is 10.3 Å². The third-order valence-electron chi connectivity index (χ3n) is 3.82. The van der Waals surface area contributed by atoms with Crippen molar-refractivity contribution >= 4 is 5.91 Å². The molecule has 122 valence electrons. The summed E-state index contributed by atoms with van der Waals surface area (Å²) >= 11 is 0. The molecule has 3 rings (SSSR count). The highest BCUT2D eigenvalue weighted by Gasteiger charge is 2.16. The number of pyridine rings is 1. The summed E-state index contributed by atoms with van der Waals surface area (Å²) in [7, 11) is 1.83. The molecule has 0 atom stereocenters. The van der Waals surface area contributed by atoms with Gasteiger partial charge in [0.15, 0.2) is 0 Å². The number of amides is 1. The van der Waals surface area contributed by atoms with E-state index in [1.54, 1.807) is 23.1 Å². The normalized spacial score (nSPS) is 10.5. The third kappa shape index (κ3) is 3.60. The van der Waals surface area contributed by atoms with Crippen LogP contribution >= 0.6 is 0 Å². The summed E-state index contributed by atoms with van der Waals surface area (Å²) in [5.41, 5.74) is 3.21. The van der Waals surface area contributed by atoms with Crippen LogP contribution < -0.4 is 10.9 Å². The number of rotatable bonds is 5. The van der Waals surface area contributed by atoms with Gasteiger partial charge in [-0.3, -0.25) is 14.3 Å². The second-order valence-corrected chi connectivity index (χ2v) is 5.53. The summed E-state index contributed by atoms with van der Waals surface area (Å²) in [5.74, 6) is -0.180. The average molecular weight is 322 g/mol. The molecule has 6 heteroatoms. The molecule has 0 fully saturated rings. The summed E-state index contributed by atoms with van der Waals surface area (Å²) in [6.45, 7) is 0.343. The van der Waals surface area contributed by atoms with Crippen LogP contribution in [-0.2, 0) is 20.0 Å². The smallest absolute Gasteiger partial charge is 0.255 e. The lowest BCUT2D eigenvalue weighted by Gasteiger charge is -2.08. The molecule has 0 radical (unpaired) electrons. The van der Waals surface area contributed by atoms with Crippen LogP contribution in [0.3, 0.4) is 0 Å². The van der Waals surface area contributed by atoms with Crippen LogP contribution in [0.25, 0.3) is 0 Å². The Labute approximate surface area is 139 Å². The van der Waals surface area contributed by atoms with Crippen LogP contribution in [0.1, 0.15) is 27.2 Å². The Morgan fingerprint density at radius 3 is 2.67 bits per heavy atom. The van der Waals surface area contributed by atoms with Crippen LogP contribution in [0.2, 0.25) is 0 Å². The molecule has 0 aliphatic rings. The van der Waals surface area contributed by atoms with E-state index in [2.05, 4.69) is 15.4 Å². The molecule has 6 nitrogen and oxygen atoms in total. The molecule has 1 aromatic carbocycles. The molecule has 1 amide bonds. The summed E-state index contributed by atoms with van der Waals surface area (Å²) in [5, 5.41) is 7.07. The SMILES string of the molecule is Cn1ncc(C(=O)NCc2ccc(=O)[nH]c2)c1Cc1ccccc1. The summed E-state index contributed by atoms with van der Waals surface area (Å²) in [6.07, 6.45) is 3.82. The Morgan fingerprint density at radius 2 is 1.96 bits per heavy atom. The number of nitrogens with one attached hydrogen (secondary N) is 2. The van der Waals surface area contributed by atoms with E-state index in [1.165, 1.54) is 6.07 Å². The fraction of sp³-hybridized carbons (Fsp3) is 0.167. The molecule has 0 aliphatic carbocycles. The van der Waals surface area contributed by atoms with E-state index >= 15 is 0 Å². The van der Waals surface area contributed by atoms with Crippen LogP contribution in [0.4, 0.5) is 0 Å². The standard InChI is InChI=1S/C18H18N4O2/c1-22-16(9-13-5-3-2-4-6-13)15(12-21-22)18(24)20-11-14-7-8-17(23)19-10-14/h2-8,10,12H,9,11H2,1H3,(H,19,23)(H,20,24). The van der Waals surface area contributed by atoms with E-state index in [0.717, 1.165) is 16.8 Å². The molecule has 0 spiro atoms. The fourth-order valence-electron chi connectivity index (χ4n) is 2.48. The van der Waals surface area contributed by atoms with E-state index in [4.69, 9.17) is 0 Å². The first kappa shape index (κ1) is 15.7. The lowest BCUT2D eigenvalue weighted by Crippen LogP contribution is -2.24. The van der Waals surface area contributed by atoms with E-state index < -0.39 is 0 Å². The largest absolute Gasteiger partial charge is 0.348 e. The molecular formula is C18H18N4O2. The van der Waals surface area contributed by atoms with Crippen LogP contribution in [0.15, 0.2) is 59.7 Å². The van der Waals surface area contributed by atoms with Crippen molar-refractivity contribution in [3.8, 4) is 0 Å². The number of aromatic nitrogens is 3. The zero-order chi connectivity index (χ0) is 16.9. The Hall–Kier alpha value is -3.15. The van der Waals surface area contributed by atoms with E-state index in [9.17, 15) is 9.59 Å². The average Bonchev–Trinajstić information content (AvgIpc) is 2.96. The Morgan fingerprint density at radius 1 is 1.17 bits per heavy atom. The maximum absolute atomic E-state index is 12.5. The maximum Gasteiger partial charge on any atom is 0.255 e. The number of H-pyrrole nitrogens is 1. The second kappa shape index (κ2) is 6.95. The van der Waals surface area contributed by atoms with Crippen molar-refractivity contribution < 1.29 is 4.79 Å². The number of benzene rings is 1. The fourth-order valence-corrected chi connectivity index (χ4v) is 2.48. The van der Waals surface area contributed by atoms with E-state index in [0.29, 0.717) is 18.5 Å². The summed E-state index contributed by atoms with van der Waals surface area (Å²) < 4.78 is 1.72. The minimum Gasteiger partial charge on any atom is -0.348 e. The number of aryl methyl sites for hydroxylation is 1. The van der Waals surface area contributed by atoms with Gasteiger partial charge in [-0.1, -0.05) is 36.4 Å². The highest BCUT2D eigenvalue weighted by Crippen LogP contribution is 2.14. The van der Waals surface area contributed by atoms with Gasteiger partial charge in [-0.2, -0.15) is 5.10 Å². The Kier molecular flexibility index (Phi) is 4.56. The topological polar surface area (TPSA) is 79.8 Å². The molecular weight excluding hydrogens is 304 g/mol. The van der Waals surface area contributed by atoms with Gasteiger partial charge in [-0.15, -0.1) is 0 Å². The minimum absolute atomic E-state index is 0.164. The zero-order valence-corrected chi connectivity index (χ0v) is 13.3. The number of carbonyl (C=O) groups excluding carboxylic acids is 1. The quantitative estimate of drug-likeness (QED) is 0.749. The minimum atomic E-state index is -0.180. The molecule has 2 N–H and O–H groups in total. The molecule has 3 aromatic rings. The lowest BCUT2D eigenvalue weighted by molar-refractivity contribution is 0.0950. The van der Waals surface area contributed by atoms with Gasteiger partial charge in [0.05, 0.1) is 17.5 Å². The molecule has 0 aliphatic heterocycles. The number of nitrogens with zero attached hydrogens (tertiary/aromatic N) is 2. The number of hydrogen-bond acceptors (Lipinski definition) is 3. The van der Waals surface area contributed by atoms with Crippen LogP contribution in [0.5, 0.6) is 0 Å². The first-order valence-corrected chi connectivity index (χ1v) is 7.64. The van der Waals surface area contributed by atoms with Crippen LogP contribution in [0, 0.1) is 0 Å². The van der Waals surface area contributed by atoms with Gasteiger partial charge in [0.1, 0.15) is 0 Å². The molecule has 0 unspecified atom stereocenters. The first-order valence-electron chi connectivity index (χ1n) is 7.64. The predicted octanol–water partition coefficient (Wildman–Crippen LogP) is 1.63. The van der Waals surface area contributed by atoms with Crippen LogP contribution in [-0.4, -0.2) is 20.7 Å². The van der Waals surface area contributed by atoms with Crippen molar-refractivity contribution in [3.05, 3.63) is 87.6 Å². The Balaban J connectivity index is 1.73. The van der Waals surface area contributed by atoms with Gasteiger partial charge in [-0.25, -0.2) is 0 Å². The lowest BCUT2D eigenvalue weighted by atomic mass is 10.1. The van der Waals surface area contributed by atoms with Gasteiger partial charge in [0, 0.05) is 32.3 Å². The third-order valence-corrected chi connectivity index (χ3v) is 3.82. The zero-order valence-electron chi connectivity index (χ0n) is 13.3. The molecule has 0 saturated carbocycles. The van der Waals surface area contributed by atoms with E-state index in [1.807, 2.05) is 37.4 Å². The molecule has 0 bridgehead atoms. The number of hydrogen-bond donors (Lipinski definition) is 2. The Bertz CT molecular complexity index is 876. The first-order chi connectivity index (χ1) is 11.6. The summed E-state index contributed by atoms with van der Waals surface area (Å²) in [6, 6.07) is 13.1. The monoisotopic (exact) mass is 322 g/mol. The van der Waals surface area contributed by atoms with Gasteiger partial charge in [0.2, 0.25) is 5.56 Å². The van der Waals surface area contributed by atoms with Crippen molar-refractivity contribution in [1.29, 1.82) is 0 Å². The molecule has 24 heavy (non-hydrogen) atoms. The highest BCUT2D eigenvalue weighted by atomic mass is 16.1. The second-order valence-electron chi connectivity index (χ2n) is 5.53. The molecule has 2 heterocycles. The number of aromatic amines is 1. The van der Waals surface area contributed by atoms with Gasteiger partial charge >= 0.3 is 0 Å². The highest BCUT2D eigenvalue weighted by molar-refractivity contribution is 5.95. The van der Waals surface area contributed by atoms with Gasteiger partial charge in [-0.05, 0) is 11.1 Å². The maximum atomic E-state index is 12.5. The van der Waals surface area contributed by atoms with Crippen molar-refractivity contribution in [2.75, 3.05) is 0 Å². The van der Waals surface area contributed by atoms with Crippen molar-refractivity contribution in [2.45, 2.75) is 13.0 Å². The van der Waals surface area contributed by atoms with Crippen molar-refractivity contribution in [2.24, 2.45) is 7.05 Å². The van der Waals surface area contributed by atoms with Crippen molar-refractivity contribution in [3.63, 3.8) is 0 Å². The predicted molar refractivity (Wildman–Crippen MR) is 90.7 cm³/mol. The van der Waals surface area contributed by atoms with E-state index in [-0.39, 0.29) is 11.5 Å². The van der Waals surface area contributed by atoms with Crippen molar-refractivity contribution in [1.82, 2.24) is 20.1 Å².